The van der Waals surface area contributed by atoms with E-state index in [4.69, 9.17) is 11.6 Å². The molecule has 1 aromatic rings. The van der Waals surface area contributed by atoms with Crippen LogP contribution in [0.4, 0.5) is 4.79 Å². The number of carbonyl (C=O) groups is 1. The fourth-order valence-corrected chi connectivity index (χ4v) is 1.22. The summed E-state index contributed by atoms with van der Waals surface area (Å²) in [5.41, 5.74) is 5.17. The van der Waals surface area contributed by atoms with Crippen LogP contribution in [0.5, 0.6) is 0 Å². The van der Waals surface area contributed by atoms with Crippen molar-refractivity contribution in [2.45, 2.75) is 6.54 Å². The van der Waals surface area contributed by atoms with Crippen LogP contribution < -0.4 is 16.2 Å². The molecule has 0 unspecified atom stereocenters. The average molecular weight is 302 g/mol. The van der Waals surface area contributed by atoms with Gasteiger partial charge in [0.1, 0.15) is 5.15 Å². The molecular formula is C10H12ClN5O4. The predicted octanol–water partition coefficient (Wildman–Crippen LogP) is 0.761. The summed E-state index contributed by atoms with van der Waals surface area (Å²) in [6.45, 7) is 0.250. The highest BCUT2D eigenvalue weighted by Crippen LogP contribution is 2.05. The third-order valence-corrected chi connectivity index (χ3v) is 2.21. The Hall–Kier alpha value is -2.55. The van der Waals surface area contributed by atoms with Gasteiger partial charge in [-0.3, -0.25) is 15.5 Å². The van der Waals surface area contributed by atoms with Crippen LogP contribution in [0.1, 0.15) is 5.56 Å². The van der Waals surface area contributed by atoms with Gasteiger partial charge in [-0.1, -0.05) is 17.7 Å². The van der Waals surface area contributed by atoms with Gasteiger partial charge in [0.05, 0.1) is 12.0 Å². The number of nitrogens with zero attached hydrogens (tertiary/aromatic N) is 2. The van der Waals surface area contributed by atoms with E-state index in [1.165, 1.54) is 13.3 Å². The molecule has 1 rings (SSSR count). The molecule has 3 N–H and O–H groups in total. The van der Waals surface area contributed by atoms with Crippen molar-refractivity contribution in [1.82, 2.24) is 21.2 Å². The molecule has 0 saturated heterocycles. The molecule has 0 fully saturated rings. The highest BCUT2D eigenvalue weighted by atomic mass is 35.5. The molecule has 9 nitrogen and oxygen atoms in total. The van der Waals surface area contributed by atoms with Gasteiger partial charge in [0.2, 0.25) is 0 Å². The minimum absolute atomic E-state index is 0.0182. The number of halogens is 1. The first-order valence-electron chi connectivity index (χ1n) is 5.31. The molecule has 0 aliphatic heterocycles. The highest BCUT2D eigenvalue weighted by Gasteiger charge is 2.05. The van der Waals surface area contributed by atoms with Crippen LogP contribution in [0.15, 0.2) is 30.4 Å². The normalized spacial score (nSPS) is 10.6. The summed E-state index contributed by atoms with van der Waals surface area (Å²) in [5.74, 6) is -0.0182. The van der Waals surface area contributed by atoms with Gasteiger partial charge in [-0.2, -0.15) is 0 Å². The zero-order chi connectivity index (χ0) is 15.0. The lowest BCUT2D eigenvalue weighted by Crippen LogP contribution is -2.41. The van der Waals surface area contributed by atoms with E-state index in [-0.39, 0.29) is 12.4 Å². The van der Waals surface area contributed by atoms with E-state index in [0.29, 0.717) is 11.4 Å². The zero-order valence-electron chi connectivity index (χ0n) is 10.4. The number of pyridine rings is 1. The van der Waals surface area contributed by atoms with E-state index in [1.54, 1.807) is 12.1 Å². The summed E-state index contributed by atoms with van der Waals surface area (Å²) in [4.78, 5) is 24.5. The first-order chi connectivity index (χ1) is 9.51. The highest BCUT2D eigenvalue weighted by molar-refractivity contribution is 6.29. The van der Waals surface area contributed by atoms with Gasteiger partial charge in [0, 0.05) is 12.7 Å². The Morgan fingerprint density at radius 1 is 1.55 bits per heavy atom. The number of hydrazine groups is 1. The number of nitrogens with one attached hydrogen (secondary N) is 3. The lowest BCUT2D eigenvalue weighted by atomic mass is 10.3. The number of rotatable bonds is 6. The van der Waals surface area contributed by atoms with Crippen LogP contribution in [0.25, 0.3) is 0 Å². The van der Waals surface area contributed by atoms with E-state index in [9.17, 15) is 14.9 Å². The summed E-state index contributed by atoms with van der Waals surface area (Å²) in [6.07, 6.45) is 1.40. The summed E-state index contributed by atoms with van der Waals surface area (Å²) < 4.78 is 4.32. The third kappa shape index (κ3) is 5.87. The van der Waals surface area contributed by atoms with Crippen molar-refractivity contribution in [1.29, 1.82) is 0 Å². The molecule has 0 aliphatic carbocycles. The average Bonchev–Trinajstić information content (AvgIpc) is 2.42. The van der Waals surface area contributed by atoms with Crippen molar-refractivity contribution in [2.24, 2.45) is 0 Å². The fraction of sp³-hybridized carbons (Fsp3) is 0.200. The van der Waals surface area contributed by atoms with E-state index >= 15 is 0 Å². The van der Waals surface area contributed by atoms with Crippen LogP contribution in [-0.4, -0.2) is 23.1 Å². The standard InChI is InChI=1S/C10H12ClN5O4/c1-20-10(17)15-14-9(6-16(18)19)13-5-7-2-3-8(11)12-4-7/h2-4,6,13-14H,5H2,1H3,(H,15,17). The second-order valence-corrected chi connectivity index (χ2v) is 3.80. The van der Waals surface area contributed by atoms with Gasteiger partial charge in [0.25, 0.3) is 6.20 Å². The molecule has 10 heteroatoms. The maximum atomic E-state index is 10.9. The number of hydrogen-bond donors (Lipinski definition) is 3. The molecule has 108 valence electrons. The van der Waals surface area contributed by atoms with Crippen LogP contribution in [0.2, 0.25) is 5.15 Å². The molecule has 0 aromatic carbocycles. The predicted molar refractivity (Wildman–Crippen MR) is 69.8 cm³/mol. The molecule has 0 saturated carbocycles. The molecule has 0 atom stereocenters. The number of nitro groups is 1. The molecule has 1 amide bonds. The van der Waals surface area contributed by atoms with E-state index in [1.807, 2.05) is 0 Å². The number of ether oxygens (including phenoxy) is 1. The van der Waals surface area contributed by atoms with Gasteiger partial charge < -0.3 is 10.1 Å². The van der Waals surface area contributed by atoms with Crippen molar-refractivity contribution in [3.05, 3.63) is 51.2 Å². The molecule has 0 bridgehead atoms. The maximum absolute atomic E-state index is 10.9. The number of amides is 1. The topological polar surface area (TPSA) is 118 Å². The van der Waals surface area contributed by atoms with Gasteiger partial charge in [-0.15, -0.1) is 0 Å². The zero-order valence-corrected chi connectivity index (χ0v) is 11.2. The third-order valence-electron chi connectivity index (χ3n) is 1.99. The quantitative estimate of drug-likeness (QED) is 0.403. The minimum atomic E-state index is -0.783. The van der Waals surface area contributed by atoms with Crippen molar-refractivity contribution >= 4 is 17.7 Å². The Morgan fingerprint density at radius 2 is 2.30 bits per heavy atom. The summed E-state index contributed by atoms with van der Waals surface area (Å²) in [5, 5.41) is 13.5. The number of carbonyl (C=O) groups excluding carboxylic acids is 1. The van der Waals surface area contributed by atoms with E-state index in [0.717, 1.165) is 5.56 Å². The van der Waals surface area contributed by atoms with Gasteiger partial charge in [-0.05, 0) is 11.6 Å². The smallest absolute Gasteiger partial charge is 0.425 e. The Kier molecular flexibility index (Phi) is 6.04. The van der Waals surface area contributed by atoms with Gasteiger partial charge in [-0.25, -0.2) is 15.2 Å². The Bertz CT molecular complexity index is 505. The molecule has 20 heavy (non-hydrogen) atoms. The number of hydrogen-bond acceptors (Lipinski definition) is 7. The second-order valence-electron chi connectivity index (χ2n) is 3.41. The van der Waals surface area contributed by atoms with Crippen molar-refractivity contribution in [3.8, 4) is 0 Å². The molecule has 0 aliphatic rings. The molecule has 1 aromatic heterocycles. The summed E-state index contributed by atoms with van der Waals surface area (Å²) >= 11 is 5.64. The molecule has 0 spiro atoms. The van der Waals surface area contributed by atoms with E-state index < -0.39 is 11.0 Å². The van der Waals surface area contributed by atoms with Gasteiger partial charge in [0.15, 0.2) is 5.82 Å². The number of aromatic nitrogens is 1. The van der Waals surface area contributed by atoms with Crippen molar-refractivity contribution in [3.63, 3.8) is 0 Å². The molecular weight excluding hydrogens is 290 g/mol. The Balaban J connectivity index is 2.58. The van der Waals surface area contributed by atoms with Gasteiger partial charge >= 0.3 is 6.09 Å². The van der Waals surface area contributed by atoms with Crippen LogP contribution >= 0.6 is 11.6 Å². The largest absolute Gasteiger partial charge is 0.452 e. The lowest BCUT2D eigenvalue weighted by Gasteiger charge is -2.11. The monoisotopic (exact) mass is 301 g/mol. The van der Waals surface area contributed by atoms with Crippen LogP contribution in [0.3, 0.4) is 0 Å². The summed E-state index contributed by atoms with van der Waals surface area (Å²) in [7, 11) is 1.17. The SMILES string of the molecule is COC(=O)NNC(=C[N+](=O)[O-])NCc1ccc(Cl)nc1. The minimum Gasteiger partial charge on any atom is -0.452 e. The first kappa shape index (κ1) is 15.5. The molecule has 1 heterocycles. The number of methoxy groups -OCH3 is 1. The van der Waals surface area contributed by atoms with Crippen molar-refractivity contribution in [2.75, 3.05) is 7.11 Å². The first-order valence-corrected chi connectivity index (χ1v) is 5.68. The Labute approximate surface area is 119 Å². The second kappa shape index (κ2) is 7.79. The summed E-state index contributed by atoms with van der Waals surface area (Å²) in [6, 6.07) is 3.30. The maximum Gasteiger partial charge on any atom is 0.425 e. The van der Waals surface area contributed by atoms with E-state index in [2.05, 4.69) is 25.9 Å². The lowest BCUT2D eigenvalue weighted by molar-refractivity contribution is -0.404. The Morgan fingerprint density at radius 3 is 2.85 bits per heavy atom. The van der Waals surface area contributed by atoms with Crippen molar-refractivity contribution < 1.29 is 14.5 Å². The fourth-order valence-electron chi connectivity index (χ4n) is 1.11. The van der Waals surface area contributed by atoms with Crippen LogP contribution in [0, 0.1) is 10.1 Å². The molecule has 0 radical (unpaired) electrons. The van der Waals surface area contributed by atoms with Crippen LogP contribution in [-0.2, 0) is 11.3 Å².